The summed E-state index contributed by atoms with van der Waals surface area (Å²) in [6.45, 7) is 0.498. The van der Waals surface area contributed by atoms with Crippen LogP contribution in [0.1, 0.15) is 0 Å². The Labute approximate surface area is 120 Å². The van der Waals surface area contributed by atoms with Gasteiger partial charge in [0.2, 0.25) is 0 Å². The van der Waals surface area contributed by atoms with E-state index in [2.05, 4.69) is 71.4 Å². The third kappa shape index (κ3) is 8.60. The van der Waals surface area contributed by atoms with Gasteiger partial charge < -0.3 is 0 Å². The maximum atomic E-state index is 3.90. The van der Waals surface area contributed by atoms with Crippen LogP contribution in [-0.2, 0) is 0 Å². The lowest BCUT2D eigenvalue weighted by molar-refractivity contribution is 4.57. The molecule has 11 unspecified atom stereocenters. The molecule has 0 amide bonds. The number of hydrogen-bond acceptors (Lipinski definition) is 0. The molecule has 0 rings (SSSR count). The topological polar surface area (TPSA) is 0 Å². The molecule has 0 aliphatic carbocycles. The summed E-state index contributed by atoms with van der Waals surface area (Å²) in [5, 5.41) is 0. The molecule has 0 aromatic heterocycles. The zero-order chi connectivity index (χ0) is 12.2. The van der Waals surface area contributed by atoms with Crippen LogP contribution in [0.2, 0.25) is 0 Å². The van der Waals surface area contributed by atoms with E-state index < -0.39 is 0 Å². The van der Waals surface area contributed by atoms with Gasteiger partial charge in [-0.2, -0.15) is 0 Å². The average molecular weight is 480 g/mol. The van der Waals surface area contributed by atoms with Crippen LogP contribution in [-0.4, -0.2) is 0 Å². The molecule has 0 bridgehead atoms. The highest BCUT2D eigenvalue weighted by Gasteiger charge is 2.33. The second kappa shape index (κ2) is 11.9. The fourth-order valence-electron chi connectivity index (χ4n) is 0.624. The van der Waals surface area contributed by atoms with E-state index in [4.69, 9.17) is 0 Å². The SMILES string of the molecule is [PH]PP(P)P(P(P)P)P(P([PH])P)P(P)P. The van der Waals surface area contributed by atoms with Crippen molar-refractivity contribution in [2.45, 2.75) is 0 Å². The van der Waals surface area contributed by atoms with E-state index in [0.717, 1.165) is 7.96 Å². The molecule has 0 nitrogen and oxygen atoms in total. The summed E-state index contributed by atoms with van der Waals surface area (Å²) in [4.78, 5) is 0. The summed E-state index contributed by atoms with van der Waals surface area (Å²) in [5.41, 5.74) is 0. The Hall–Kier alpha value is 6.45. The molecule has 0 heterocycles. The molecule has 0 saturated heterocycles. The van der Waals surface area contributed by atoms with Crippen LogP contribution < -0.4 is 0 Å². The van der Waals surface area contributed by atoms with Gasteiger partial charge in [-0.15, -0.1) is 53.6 Å². The van der Waals surface area contributed by atoms with Crippen LogP contribution in [0.25, 0.3) is 0 Å². The van der Waals surface area contributed by atoms with Gasteiger partial charge in [-0.1, -0.05) is 25.8 Å². The summed E-state index contributed by atoms with van der Waals surface area (Å²) in [6, 6.07) is 0. The lowest BCUT2D eigenvalue weighted by Crippen LogP contribution is -1.49. The van der Waals surface area contributed by atoms with Crippen molar-refractivity contribution >= 4 is 121 Å². The minimum Gasteiger partial charge on any atom is -0.102 e. The van der Waals surface area contributed by atoms with Crippen molar-refractivity contribution in [1.29, 1.82) is 0 Å². The normalized spacial score (nSPS) is 17.6. The predicted octanol–water partition coefficient (Wildman–Crippen LogP) is 8.90. The van der Waals surface area contributed by atoms with Crippen molar-refractivity contribution in [2.75, 3.05) is 0 Å². The third-order valence-corrected chi connectivity index (χ3v) is 86.9. The molecule has 11 atom stereocenters. The van der Waals surface area contributed by atoms with E-state index in [-0.39, 0.29) is 41.9 Å². The maximum Gasteiger partial charge on any atom is -0.00453 e. The second-order valence-corrected chi connectivity index (χ2v) is 56.6. The van der Waals surface area contributed by atoms with Crippen LogP contribution in [0.15, 0.2) is 0 Å². The molecule has 15 heteroatoms. The standard InChI is InChI=1S/H15P15/c1-9-13(8)15(12(6)7)14(10(2)3)11(4)5/h1-2,9H,3-8H2. The highest BCUT2D eigenvalue weighted by atomic mass is 33.3. The molecule has 0 aromatic rings. The highest BCUT2D eigenvalue weighted by Crippen LogP contribution is 3.22. The van der Waals surface area contributed by atoms with Crippen LogP contribution in [0, 0.1) is 0 Å². The first-order chi connectivity index (χ1) is 6.82. The first kappa shape index (κ1) is 21.4. The summed E-state index contributed by atoms with van der Waals surface area (Å²) < 4.78 is 0. The molecule has 2 radical (unpaired) electrons. The molecule has 15 heavy (non-hydrogen) atoms. The molecular formula is H15P15. The van der Waals surface area contributed by atoms with Crippen LogP contribution in [0.3, 0.4) is 0 Å². The van der Waals surface area contributed by atoms with Gasteiger partial charge in [-0.25, -0.2) is 0 Å². The fourth-order valence-corrected chi connectivity index (χ4v) is 152. The highest BCUT2D eigenvalue weighted by molar-refractivity contribution is 9.28. The van der Waals surface area contributed by atoms with Crippen molar-refractivity contribution < 1.29 is 0 Å². The molecule has 0 saturated carbocycles. The minimum atomic E-state index is -0.0351. The van der Waals surface area contributed by atoms with E-state index in [1.165, 1.54) is 0 Å². The van der Waals surface area contributed by atoms with Crippen molar-refractivity contribution in [3.63, 3.8) is 0 Å². The smallest absolute Gasteiger partial charge is 0.00453 e. The van der Waals surface area contributed by atoms with Gasteiger partial charge in [-0.05, 0) is 41.9 Å². The summed E-state index contributed by atoms with van der Waals surface area (Å²) >= 11 is 0. The fraction of sp³-hybridized carbons (Fsp3) is 0. The predicted molar refractivity (Wildman–Crippen MR) is 125 cm³/mol. The molecule has 0 aliphatic rings. The molecule has 0 aliphatic heterocycles. The van der Waals surface area contributed by atoms with E-state index in [9.17, 15) is 0 Å². The zero-order valence-electron chi connectivity index (χ0n) is 7.65. The van der Waals surface area contributed by atoms with E-state index in [0.29, 0.717) is 0 Å². The Kier molecular flexibility index (Phi) is 17.1. The van der Waals surface area contributed by atoms with E-state index in [1.807, 2.05) is 0 Å². The van der Waals surface area contributed by atoms with Crippen LogP contribution >= 0.6 is 121 Å². The maximum absolute atomic E-state index is 3.90. The van der Waals surface area contributed by atoms with Crippen molar-refractivity contribution in [3.05, 3.63) is 0 Å². The molecule has 0 aromatic carbocycles. The van der Waals surface area contributed by atoms with Gasteiger partial charge in [0.1, 0.15) is 0 Å². The van der Waals surface area contributed by atoms with Crippen molar-refractivity contribution in [1.82, 2.24) is 0 Å². The lowest BCUT2D eigenvalue weighted by atomic mass is 28.6. The van der Waals surface area contributed by atoms with E-state index in [1.54, 1.807) is 0 Å². The summed E-state index contributed by atoms with van der Waals surface area (Å²) in [5.74, 6) is 0. The zero-order valence-corrected chi connectivity index (χ0v) is 22.9. The van der Waals surface area contributed by atoms with Gasteiger partial charge in [0.15, 0.2) is 0 Å². The Bertz CT molecular complexity index is 147. The molecule has 0 N–H and O–H groups in total. The quantitative estimate of drug-likeness (QED) is 0.334. The summed E-state index contributed by atoms with van der Waals surface area (Å²) in [7, 11) is 26.9. The van der Waals surface area contributed by atoms with Gasteiger partial charge in [-0.3, -0.25) is 0 Å². The largest absolute Gasteiger partial charge is 0.102 e. The Morgan fingerprint density at radius 3 is 1.40 bits per heavy atom. The van der Waals surface area contributed by atoms with Gasteiger partial charge in [0.05, 0.1) is 0 Å². The Morgan fingerprint density at radius 2 is 1.20 bits per heavy atom. The molecular weight excluding hydrogens is 465 g/mol. The molecule has 0 spiro atoms. The monoisotopic (exact) mass is 480 g/mol. The number of rotatable bonds is 6. The van der Waals surface area contributed by atoms with Crippen molar-refractivity contribution in [2.24, 2.45) is 0 Å². The minimum absolute atomic E-state index is 0.0351. The first-order valence-corrected chi connectivity index (χ1v) is 29.2. The summed E-state index contributed by atoms with van der Waals surface area (Å²) in [6.07, 6.45) is 0. The van der Waals surface area contributed by atoms with Crippen LogP contribution in [0.5, 0.6) is 0 Å². The Morgan fingerprint density at radius 1 is 0.800 bits per heavy atom. The molecule has 90 valence electrons. The second-order valence-electron chi connectivity index (χ2n) is 2.10. The first-order valence-electron chi connectivity index (χ1n) is 3.25. The van der Waals surface area contributed by atoms with E-state index >= 15 is 0 Å². The Balaban J connectivity index is 4.84. The third-order valence-electron chi connectivity index (χ3n) is 1.07. The number of hydrogen-bond donors (Lipinski definition) is 0. The van der Waals surface area contributed by atoms with Gasteiger partial charge >= 0.3 is 0 Å². The lowest BCUT2D eigenvalue weighted by Gasteiger charge is -2.38. The van der Waals surface area contributed by atoms with Gasteiger partial charge in [0.25, 0.3) is 0 Å². The van der Waals surface area contributed by atoms with Crippen molar-refractivity contribution in [3.8, 4) is 0 Å². The van der Waals surface area contributed by atoms with Gasteiger partial charge in [0, 0.05) is 0 Å². The van der Waals surface area contributed by atoms with Crippen LogP contribution in [0.4, 0.5) is 0 Å². The molecule has 0 fully saturated rings. The average Bonchev–Trinajstić information content (AvgIpc) is 2.10.